The van der Waals surface area contributed by atoms with Gasteiger partial charge in [0, 0.05) is 32.7 Å². The van der Waals surface area contributed by atoms with E-state index in [9.17, 15) is 9.18 Å². The van der Waals surface area contributed by atoms with Gasteiger partial charge in [0.15, 0.2) is 0 Å². The molecule has 0 saturated carbocycles. The van der Waals surface area contributed by atoms with Crippen LogP contribution >= 0.6 is 15.9 Å². The second kappa shape index (κ2) is 6.73. The SMILES string of the molecule is Cc1cc(F)c(Br)cc1NCCCC(=O)N(C)C. The molecule has 0 aromatic heterocycles. The number of anilines is 1. The van der Waals surface area contributed by atoms with Crippen molar-refractivity contribution in [3.63, 3.8) is 0 Å². The van der Waals surface area contributed by atoms with Gasteiger partial charge in [0.25, 0.3) is 0 Å². The fourth-order valence-electron chi connectivity index (χ4n) is 1.52. The van der Waals surface area contributed by atoms with Crippen molar-refractivity contribution in [2.75, 3.05) is 26.0 Å². The van der Waals surface area contributed by atoms with Gasteiger partial charge in [-0.25, -0.2) is 4.39 Å². The summed E-state index contributed by atoms with van der Waals surface area (Å²) < 4.78 is 13.7. The van der Waals surface area contributed by atoms with Crippen molar-refractivity contribution in [2.24, 2.45) is 0 Å². The lowest BCUT2D eigenvalue weighted by atomic mass is 10.2. The Hall–Kier alpha value is -1.10. The first-order valence-corrected chi connectivity index (χ1v) is 6.60. The Balaban J connectivity index is 2.45. The van der Waals surface area contributed by atoms with E-state index in [1.54, 1.807) is 25.1 Å². The van der Waals surface area contributed by atoms with Gasteiger partial charge in [0.1, 0.15) is 5.82 Å². The van der Waals surface area contributed by atoms with E-state index in [0.717, 1.165) is 17.7 Å². The van der Waals surface area contributed by atoms with E-state index in [4.69, 9.17) is 0 Å². The monoisotopic (exact) mass is 316 g/mol. The summed E-state index contributed by atoms with van der Waals surface area (Å²) in [6, 6.07) is 3.20. The van der Waals surface area contributed by atoms with Crippen LogP contribution in [0.5, 0.6) is 0 Å². The van der Waals surface area contributed by atoms with Crippen LogP contribution in [0.1, 0.15) is 18.4 Å². The van der Waals surface area contributed by atoms with Crippen LogP contribution in [0, 0.1) is 12.7 Å². The van der Waals surface area contributed by atoms with Gasteiger partial charge in [-0.2, -0.15) is 0 Å². The zero-order valence-electron chi connectivity index (χ0n) is 10.9. The van der Waals surface area contributed by atoms with Crippen molar-refractivity contribution >= 4 is 27.5 Å². The van der Waals surface area contributed by atoms with E-state index < -0.39 is 0 Å². The predicted octanol–water partition coefficient (Wildman–Crippen LogP) is 3.18. The molecule has 0 saturated heterocycles. The van der Waals surface area contributed by atoms with E-state index in [1.807, 2.05) is 6.92 Å². The molecule has 0 spiro atoms. The van der Waals surface area contributed by atoms with Crippen molar-refractivity contribution in [1.82, 2.24) is 4.90 Å². The minimum absolute atomic E-state index is 0.119. The summed E-state index contributed by atoms with van der Waals surface area (Å²) in [5.41, 5.74) is 1.75. The summed E-state index contributed by atoms with van der Waals surface area (Å²) in [5.74, 6) is -0.144. The summed E-state index contributed by atoms with van der Waals surface area (Å²) in [7, 11) is 3.49. The zero-order valence-corrected chi connectivity index (χ0v) is 12.5. The fraction of sp³-hybridized carbons (Fsp3) is 0.462. The van der Waals surface area contributed by atoms with Crippen molar-refractivity contribution in [1.29, 1.82) is 0 Å². The van der Waals surface area contributed by atoms with Gasteiger partial charge in [-0.15, -0.1) is 0 Å². The molecule has 1 aromatic carbocycles. The zero-order chi connectivity index (χ0) is 13.7. The van der Waals surface area contributed by atoms with Gasteiger partial charge in [0.05, 0.1) is 4.47 Å². The first-order chi connectivity index (χ1) is 8.41. The quantitative estimate of drug-likeness (QED) is 0.846. The number of benzene rings is 1. The number of nitrogens with one attached hydrogen (secondary N) is 1. The second-order valence-corrected chi connectivity index (χ2v) is 5.25. The molecule has 1 amide bonds. The molecule has 0 radical (unpaired) electrons. The van der Waals surface area contributed by atoms with Gasteiger partial charge in [-0.1, -0.05) is 0 Å². The number of carbonyl (C=O) groups excluding carboxylic acids is 1. The first-order valence-electron chi connectivity index (χ1n) is 5.81. The van der Waals surface area contributed by atoms with E-state index in [2.05, 4.69) is 21.2 Å². The van der Waals surface area contributed by atoms with Crippen LogP contribution in [0.25, 0.3) is 0 Å². The molecule has 0 aliphatic rings. The Labute approximate surface area is 115 Å². The number of hydrogen-bond acceptors (Lipinski definition) is 2. The third kappa shape index (κ3) is 4.29. The molecule has 0 heterocycles. The highest BCUT2D eigenvalue weighted by Crippen LogP contribution is 2.24. The third-order valence-electron chi connectivity index (χ3n) is 2.65. The fourth-order valence-corrected chi connectivity index (χ4v) is 1.87. The molecule has 0 unspecified atom stereocenters. The molecule has 0 fully saturated rings. The predicted molar refractivity (Wildman–Crippen MR) is 75.3 cm³/mol. The minimum Gasteiger partial charge on any atom is -0.385 e. The molecule has 0 atom stereocenters. The van der Waals surface area contributed by atoms with Crippen molar-refractivity contribution < 1.29 is 9.18 Å². The van der Waals surface area contributed by atoms with Crippen LogP contribution in [0.15, 0.2) is 16.6 Å². The normalized spacial score (nSPS) is 10.3. The summed E-state index contributed by atoms with van der Waals surface area (Å²) >= 11 is 3.16. The van der Waals surface area contributed by atoms with Gasteiger partial charge in [-0.3, -0.25) is 4.79 Å². The smallest absolute Gasteiger partial charge is 0.222 e. The van der Waals surface area contributed by atoms with Crippen molar-refractivity contribution in [3.05, 3.63) is 28.0 Å². The molecular weight excluding hydrogens is 299 g/mol. The van der Waals surface area contributed by atoms with Crippen LogP contribution in [0.4, 0.5) is 10.1 Å². The Morgan fingerprint density at radius 2 is 2.11 bits per heavy atom. The molecule has 100 valence electrons. The Kier molecular flexibility index (Phi) is 5.59. The van der Waals surface area contributed by atoms with E-state index in [0.29, 0.717) is 17.4 Å². The van der Waals surface area contributed by atoms with E-state index in [1.165, 1.54) is 6.07 Å². The average molecular weight is 317 g/mol. The molecule has 0 aliphatic heterocycles. The van der Waals surface area contributed by atoms with Crippen LogP contribution in [-0.2, 0) is 4.79 Å². The number of halogens is 2. The number of rotatable bonds is 5. The second-order valence-electron chi connectivity index (χ2n) is 4.40. The lowest BCUT2D eigenvalue weighted by Gasteiger charge is -2.12. The highest BCUT2D eigenvalue weighted by atomic mass is 79.9. The Morgan fingerprint density at radius 3 is 2.72 bits per heavy atom. The maximum Gasteiger partial charge on any atom is 0.222 e. The number of amides is 1. The molecule has 18 heavy (non-hydrogen) atoms. The molecule has 0 aliphatic carbocycles. The molecular formula is C13H18BrFN2O. The van der Waals surface area contributed by atoms with Crippen molar-refractivity contribution in [2.45, 2.75) is 19.8 Å². The highest BCUT2D eigenvalue weighted by Gasteiger charge is 2.06. The maximum absolute atomic E-state index is 13.2. The van der Waals surface area contributed by atoms with Crippen LogP contribution < -0.4 is 5.32 Å². The number of carbonyl (C=O) groups is 1. The highest BCUT2D eigenvalue weighted by molar-refractivity contribution is 9.10. The standard InChI is InChI=1S/C13H18BrFN2O/c1-9-7-11(15)10(14)8-12(9)16-6-4-5-13(18)17(2)3/h7-8,16H,4-6H2,1-3H3. The summed E-state index contributed by atoms with van der Waals surface area (Å²) in [6.45, 7) is 2.54. The molecule has 5 heteroatoms. The number of nitrogens with zero attached hydrogens (tertiary/aromatic N) is 1. The number of aryl methyl sites for hydroxylation is 1. The minimum atomic E-state index is -0.263. The maximum atomic E-state index is 13.2. The molecule has 1 rings (SSSR count). The molecule has 3 nitrogen and oxygen atoms in total. The largest absolute Gasteiger partial charge is 0.385 e. The topological polar surface area (TPSA) is 32.3 Å². The summed E-state index contributed by atoms with van der Waals surface area (Å²) in [6.07, 6.45) is 1.27. The lowest BCUT2D eigenvalue weighted by Crippen LogP contribution is -2.22. The van der Waals surface area contributed by atoms with Crippen LogP contribution in [0.3, 0.4) is 0 Å². The van der Waals surface area contributed by atoms with Gasteiger partial charge in [-0.05, 0) is 47.0 Å². The van der Waals surface area contributed by atoms with Crippen LogP contribution in [0.2, 0.25) is 0 Å². The third-order valence-corrected chi connectivity index (χ3v) is 3.26. The van der Waals surface area contributed by atoms with Crippen LogP contribution in [-0.4, -0.2) is 31.4 Å². The van der Waals surface area contributed by atoms with E-state index in [-0.39, 0.29) is 11.7 Å². The van der Waals surface area contributed by atoms with Gasteiger partial charge in [0.2, 0.25) is 5.91 Å². The summed E-state index contributed by atoms with van der Waals surface area (Å²) in [5, 5.41) is 3.21. The van der Waals surface area contributed by atoms with Crippen molar-refractivity contribution in [3.8, 4) is 0 Å². The first kappa shape index (κ1) is 15.0. The lowest BCUT2D eigenvalue weighted by molar-refractivity contribution is -0.128. The number of hydrogen-bond donors (Lipinski definition) is 1. The van der Waals surface area contributed by atoms with Gasteiger partial charge >= 0.3 is 0 Å². The van der Waals surface area contributed by atoms with Gasteiger partial charge < -0.3 is 10.2 Å². The summed E-state index contributed by atoms with van der Waals surface area (Å²) in [4.78, 5) is 12.9. The molecule has 1 N–H and O–H groups in total. The molecule has 0 bridgehead atoms. The Bertz CT molecular complexity index is 435. The average Bonchev–Trinajstić information content (AvgIpc) is 2.30. The Morgan fingerprint density at radius 1 is 1.44 bits per heavy atom. The van der Waals surface area contributed by atoms with E-state index >= 15 is 0 Å². The molecule has 1 aromatic rings.